The molecule has 0 unspecified atom stereocenters. The number of fused-ring (bicyclic) bond motifs is 1. The number of nitrogens with zero attached hydrogens (tertiary/aromatic N) is 2. The fourth-order valence-electron chi connectivity index (χ4n) is 2.62. The van der Waals surface area contributed by atoms with Gasteiger partial charge in [-0.2, -0.15) is 0 Å². The summed E-state index contributed by atoms with van der Waals surface area (Å²) in [6, 6.07) is 8.48. The summed E-state index contributed by atoms with van der Waals surface area (Å²) in [5.41, 5.74) is 2.11. The molecule has 3 rings (SSSR count). The summed E-state index contributed by atoms with van der Waals surface area (Å²) in [6.07, 6.45) is 4.22. The lowest BCUT2D eigenvalue weighted by atomic mass is 10.0. The average molecular weight is 276 g/mol. The monoisotopic (exact) mass is 275 g/mol. The molecule has 1 aromatic heterocycles. The van der Waals surface area contributed by atoms with E-state index in [4.69, 9.17) is 11.6 Å². The van der Waals surface area contributed by atoms with Crippen LogP contribution in [0.4, 0.5) is 5.69 Å². The van der Waals surface area contributed by atoms with Crippen LogP contribution in [-0.4, -0.2) is 36.1 Å². The zero-order valence-corrected chi connectivity index (χ0v) is 11.8. The lowest BCUT2D eigenvalue weighted by molar-refractivity contribution is 0.264. The van der Waals surface area contributed by atoms with Crippen molar-refractivity contribution < 1.29 is 0 Å². The standard InChI is InChI=1S/C15H18ClN3/c1-19-8-5-12(6-9-19)18-14-4-7-17-15-10-11(16)2-3-13(14)15/h2-4,7,10,12H,5-6,8-9H2,1H3,(H,17,18). The van der Waals surface area contributed by atoms with Gasteiger partial charge in [-0.1, -0.05) is 11.6 Å². The second-order valence-electron chi connectivity index (χ2n) is 5.24. The Balaban J connectivity index is 1.84. The maximum absolute atomic E-state index is 6.01. The van der Waals surface area contributed by atoms with Gasteiger partial charge < -0.3 is 10.2 Å². The van der Waals surface area contributed by atoms with Crippen LogP contribution in [-0.2, 0) is 0 Å². The van der Waals surface area contributed by atoms with E-state index < -0.39 is 0 Å². The summed E-state index contributed by atoms with van der Waals surface area (Å²) in [4.78, 5) is 6.75. The number of pyridine rings is 1. The molecule has 0 amide bonds. The van der Waals surface area contributed by atoms with E-state index >= 15 is 0 Å². The molecule has 0 atom stereocenters. The third kappa shape index (κ3) is 2.82. The van der Waals surface area contributed by atoms with E-state index in [1.807, 2.05) is 24.4 Å². The van der Waals surface area contributed by atoms with Gasteiger partial charge in [-0.05, 0) is 57.2 Å². The maximum Gasteiger partial charge on any atom is 0.0737 e. The summed E-state index contributed by atoms with van der Waals surface area (Å²) in [5, 5.41) is 5.53. The second-order valence-corrected chi connectivity index (χ2v) is 5.68. The Hall–Kier alpha value is -1.32. The molecule has 1 aromatic carbocycles. The van der Waals surface area contributed by atoms with Crippen LogP contribution in [0.5, 0.6) is 0 Å². The second kappa shape index (κ2) is 5.35. The highest BCUT2D eigenvalue weighted by molar-refractivity contribution is 6.31. The van der Waals surface area contributed by atoms with Gasteiger partial charge in [0.1, 0.15) is 0 Å². The van der Waals surface area contributed by atoms with E-state index in [9.17, 15) is 0 Å². The number of aromatic nitrogens is 1. The molecule has 0 saturated carbocycles. The van der Waals surface area contributed by atoms with E-state index in [0.29, 0.717) is 6.04 Å². The van der Waals surface area contributed by atoms with Crippen molar-refractivity contribution in [2.45, 2.75) is 18.9 Å². The van der Waals surface area contributed by atoms with Gasteiger partial charge in [-0.25, -0.2) is 0 Å². The molecule has 1 aliphatic heterocycles. The molecule has 1 fully saturated rings. The van der Waals surface area contributed by atoms with E-state index in [1.54, 1.807) is 0 Å². The fourth-order valence-corrected chi connectivity index (χ4v) is 2.79. The molecule has 100 valence electrons. The predicted octanol–water partition coefficient (Wildman–Crippen LogP) is 3.39. The van der Waals surface area contributed by atoms with E-state index in [0.717, 1.165) is 34.7 Å². The molecule has 0 spiro atoms. The molecule has 0 bridgehead atoms. The molecule has 0 aliphatic carbocycles. The molecule has 3 nitrogen and oxygen atoms in total. The van der Waals surface area contributed by atoms with Gasteiger partial charge >= 0.3 is 0 Å². The van der Waals surface area contributed by atoms with Crippen molar-refractivity contribution in [2.24, 2.45) is 0 Å². The summed E-state index contributed by atoms with van der Waals surface area (Å²) in [7, 11) is 2.18. The summed E-state index contributed by atoms with van der Waals surface area (Å²) in [5.74, 6) is 0. The first kappa shape index (κ1) is 12.7. The first-order chi connectivity index (χ1) is 9.22. The number of likely N-dealkylation sites (tertiary alicyclic amines) is 1. The van der Waals surface area contributed by atoms with Crippen molar-refractivity contribution in [3.05, 3.63) is 35.5 Å². The quantitative estimate of drug-likeness (QED) is 0.911. The van der Waals surface area contributed by atoms with E-state index in [1.165, 1.54) is 12.8 Å². The van der Waals surface area contributed by atoms with Gasteiger partial charge in [0.15, 0.2) is 0 Å². The maximum atomic E-state index is 6.01. The summed E-state index contributed by atoms with van der Waals surface area (Å²) < 4.78 is 0. The van der Waals surface area contributed by atoms with Crippen LogP contribution < -0.4 is 5.32 Å². The average Bonchev–Trinajstić information content (AvgIpc) is 2.41. The van der Waals surface area contributed by atoms with Crippen LogP contribution in [0.2, 0.25) is 5.02 Å². The van der Waals surface area contributed by atoms with Crippen molar-refractivity contribution in [1.29, 1.82) is 0 Å². The van der Waals surface area contributed by atoms with Crippen molar-refractivity contribution in [1.82, 2.24) is 9.88 Å². The number of rotatable bonds is 2. The normalized spacial score (nSPS) is 17.8. The summed E-state index contributed by atoms with van der Waals surface area (Å²) in [6.45, 7) is 2.32. The first-order valence-electron chi connectivity index (χ1n) is 6.72. The first-order valence-corrected chi connectivity index (χ1v) is 7.09. The number of nitrogens with one attached hydrogen (secondary N) is 1. The molecular weight excluding hydrogens is 258 g/mol. The molecule has 2 aromatic rings. The van der Waals surface area contributed by atoms with Crippen molar-refractivity contribution in [2.75, 3.05) is 25.5 Å². The molecule has 1 N–H and O–H groups in total. The molecule has 1 saturated heterocycles. The number of piperidine rings is 1. The Bertz CT molecular complexity index is 577. The summed E-state index contributed by atoms with van der Waals surface area (Å²) >= 11 is 6.01. The van der Waals surface area contributed by atoms with Crippen molar-refractivity contribution in [3.63, 3.8) is 0 Å². The highest BCUT2D eigenvalue weighted by Crippen LogP contribution is 2.26. The Labute approximate surface area is 118 Å². The van der Waals surface area contributed by atoms with Crippen molar-refractivity contribution in [3.8, 4) is 0 Å². The number of hydrogen-bond donors (Lipinski definition) is 1. The van der Waals surface area contributed by atoms with Crippen LogP contribution in [0, 0.1) is 0 Å². The Kier molecular flexibility index (Phi) is 3.58. The van der Waals surface area contributed by atoms with E-state index in [2.05, 4.69) is 28.3 Å². The third-order valence-corrected chi connectivity index (χ3v) is 4.02. The van der Waals surface area contributed by atoms with Gasteiger partial charge in [0.05, 0.1) is 5.52 Å². The highest BCUT2D eigenvalue weighted by atomic mass is 35.5. The number of benzene rings is 1. The zero-order valence-electron chi connectivity index (χ0n) is 11.1. The molecule has 4 heteroatoms. The minimum absolute atomic E-state index is 0.553. The van der Waals surface area contributed by atoms with Crippen LogP contribution in [0.3, 0.4) is 0 Å². The number of halogens is 1. The van der Waals surface area contributed by atoms with Crippen LogP contribution in [0.15, 0.2) is 30.5 Å². The molecule has 19 heavy (non-hydrogen) atoms. The minimum Gasteiger partial charge on any atom is -0.382 e. The molecule has 1 aliphatic rings. The SMILES string of the molecule is CN1CCC(Nc2ccnc3cc(Cl)ccc23)CC1. The Morgan fingerprint density at radius 1 is 1.26 bits per heavy atom. The van der Waals surface area contributed by atoms with Gasteiger partial charge in [0, 0.05) is 28.3 Å². The Morgan fingerprint density at radius 2 is 2.05 bits per heavy atom. The lowest BCUT2D eigenvalue weighted by Gasteiger charge is -2.30. The minimum atomic E-state index is 0.553. The topological polar surface area (TPSA) is 28.2 Å². The van der Waals surface area contributed by atoms with Gasteiger partial charge in [0.2, 0.25) is 0 Å². The van der Waals surface area contributed by atoms with Gasteiger partial charge in [0.25, 0.3) is 0 Å². The molecule has 2 heterocycles. The number of anilines is 1. The predicted molar refractivity (Wildman–Crippen MR) is 80.9 cm³/mol. The van der Waals surface area contributed by atoms with Crippen LogP contribution >= 0.6 is 11.6 Å². The van der Waals surface area contributed by atoms with Gasteiger partial charge in [-0.15, -0.1) is 0 Å². The number of hydrogen-bond acceptors (Lipinski definition) is 3. The lowest BCUT2D eigenvalue weighted by Crippen LogP contribution is -2.36. The van der Waals surface area contributed by atoms with Crippen LogP contribution in [0.25, 0.3) is 10.9 Å². The molecule has 0 radical (unpaired) electrons. The third-order valence-electron chi connectivity index (χ3n) is 3.78. The van der Waals surface area contributed by atoms with Gasteiger partial charge in [-0.3, -0.25) is 4.98 Å². The zero-order chi connectivity index (χ0) is 13.2. The Morgan fingerprint density at radius 3 is 2.84 bits per heavy atom. The van der Waals surface area contributed by atoms with Crippen molar-refractivity contribution >= 4 is 28.2 Å². The smallest absolute Gasteiger partial charge is 0.0737 e. The molecular formula is C15H18ClN3. The highest BCUT2D eigenvalue weighted by Gasteiger charge is 2.17. The van der Waals surface area contributed by atoms with Crippen LogP contribution in [0.1, 0.15) is 12.8 Å². The largest absolute Gasteiger partial charge is 0.382 e. The fraction of sp³-hybridized carbons (Fsp3) is 0.400. The van der Waals surface area contributed by atoms with E-state index in [-0.39, 0.29) is 0 Å².